The van der Waals surface area contributed by atoms with Crippen molar-refractivity contribution in [2.45, 2.75) is 6.54 Å². The third-order valence-corrected chi connectivity index (χ3v) is 5.80. The highest BCUT2D eigenvalue weighted by Gasteiger charge is 2.22. The van der Waals surface area contributed by atoms with Crippen LogP contribution in [0.25, 0.3) is 22.0 Å². The van der Waals surface area contributed by atoms with Crippen LogP contribution in [-0.4, -0.2) is 47.4 Å². The maximum atomic E-state index is 13.3. The van der Waals surface area contributed by atoms with Crippen LogP contribution < -0.4 is 10.2 Å². The second-order valence-electron chi connectivity index (χ2n) is 7.82. The van der Waals surface area contributed by atoms with Crippen molar-refractivity contribution in [2.24, 2.45) is 0 Å². The average molecular weight is 460 g/mol. The third-order valence-electron chi connectivity index (χ3n) is 5.60. The maximum absolute atomic E-state index is 13.3. The van der Waals surface area contributed by atoms with Crippen molar-refractivity contribution in [1.29, 1.82) is 0 Å². The molecule has 4 aromatic rings. The van der Waals surface area contributed by atoms with Gasteiger partial charge in [-0.1, -0.05) is 48.0 Å². The predicted octanol–water partition coefficient (Wildman–Crippen LogP) is 4.11. The molecular weight excluding hydrogens is 438 g/mol. The molecule has 0 saturated carbocycles. The van der Waals surface area contributed by atoms with E-state index in [2.05, 4.69) is 44.8 Å². The molecule has 0 bridgehead atoms. The molecule has 2 aromatic heterocycles. The molecule has 0 spiro atoms. The van der Waals surface area contributed by atoms with Gasteiger partial charge in [-0.3, -0.25) is 9.78 Å². The number of hydrogen-bond acceptors (Lipinski definition) is 6. The Bertz CT molecular complexity index is 1310. The highest BCUT2D eigenvalue weighted by molar-refractivity contribution is 6.30. The van der Waals surface area contributed by atoms with E-state index in [-0.39, 0.29) is 5.91 Å². The van der Waals surface area contributed by atoms with Crippen molar-refractivity contribution in [3.8, 4) is 11.3 Å². The largest absolute Gasteiger partial charge is 0.378 e. The van der Waals surface area contributed by atoms with Gasteiger partial charge < -0.3 is 15.0 Å². The Morgan fingerprint density at radius 3 is 2.64 bits per heavy atom. The second-order valence-corrected chi connectivity index (χ2v) is 8.26. The Balaban J connectivity index is 1.43. The zero-order chi connectivity index (χ0) is 22.6. The van der Waals surface area contributed by atoms with E-state index in [1.807, 2.05) is 23.1 Å². The van der Waals surface area contributed by atoms with Gasteiger partial charge in [0.2, 0.25) is 0 Å². The molecule has 7 nitrogen and oxygen atoms in total. The molecule has 1 N–H and O–H groups in total. The van der Waals surface area contributed by atoms with Crippen molar-refractivity contribution in [2.75, 3.05) is 31.2 Å². The first-order chi connectivity index (χ1) is 16.2. The normalized spacial score (nSPS) is 13.8. The topological polar surface area (TPSA) is 80.2 Å². The molecule has 0 radical (unpaired) electrons. The Kier molecular flexibility index (Phi) is 6.15. The van der Waals surface area contributed by atoms with E-state index < -0.39 is 0 Å². The molecule has 1 amide bonds. The smallest absolute Gasteiger partial charge is 0.255 e. The number of pyridine rings is 1. The first kappa shape index (κ1) is 21.3. The van der Waals surface area contributed by atoms with Gasteiger partial charge in [0.25, 0.3) is 5.91 Å². The molecule has 2 aromatic carbocycles. The van der Waals surface area contributed by atoms with Gasteiger partial charge in [-0.25, -0.2) is 0 Å². The maximum Gasteiger partial charge on any atom is 0.255 e. The summed E-state index contributed by atoms with van der Waals surface area (Å²) in [5.41, 5.74) is 2.73. The van der Waals surface area contributed by atoms with Gasteiger partial charge in [0.15, 0.2) is 5.82 Å². The quantitative estimate of drug-likeness (QED) is 0.483. The number of rotatable bonds is 5. The summed E-state index contributed by atoms with van der Waals surface area (Å²) in [5.74, 6) is 0.337. The summed E-state index contributed by atoms with van der Waals surface area (Å²) in [6, 6.07) is 17.8. The first-order valence-corrected chi connectivity index (χ1v) is 11.1. The van der Waals surface area contributed by atoms with E-state index in [1.165, 1.54) is 5.39 Å². The Morgan fingerprint density at radius 2 is 1.82 bits per heavy atom. The lowest BCUT2D eigenvalue weighted by Crippen LogP contribution is -2.38. The van der Waals surface area contributed by atoms with Gasteiger partial charge >= 0.3 is 0 Å². The fraction of sp³-hybridized carbons (Fsp3) is 0.200. The number of halogens is 1. The summed E-state index contributed by atoms with van der Waals surface area (Å²) < 4.78 is 5.45. The van der Waals surface area contributed by atoms with Gasteiger partial charge in [-0.05, 0) is 34.5 Å². The van der Waals surface area contributed by atoms with Crippen LogP contribution in [0.4, 0.5) is 5.82 Å². The third kappa shape index (κ3) is 4.79. The van der Waals surface area contributed by atoms with Crippen LogP contribution in [0.1, 0.15) is 15.9 Å². The second kappa shape index (κ2) is 9.52. The van der Waals surface area contributed by atoms with Crippen LogP contribution in [0.5, 0.6) is 0 Å². The molecule has 1 aliphatic heterocycles. The molecule has 1 aliphatic rings. The lowest BCUT2D eigenvalue weighted by atomic mass is 10.1. The minimum Gasteiger partial charge on any atom is -0.378 e. The van der Waals surface area contributed by atoms with Crippen LogP contribution >= 0.6 is 11.6 Å². The molecule has 3 heterocycles. The van der Waals surface area contributed by atoms with Gasteiger partial charge in [0.05, 0.1) is 29.5 Å². The molecule has 1 saturated heterocycles. The van der Waals surface area contributed by atoms with Crippen molar-refractivity contribution < 1.29 is 9.53 Å². The van der Waals surface area contributed by atoms with E-state index in [4.69, 9.17) is 16.3 Å². The summed E-state index contributed by atoms with van der Waals surface area (Å²) in [4.78, 5) is 19.5. The predicted molar refractivity (Wildman–Crippen MR) is 128 cm³/mol. The number of carbonyl (C=O) groups is 1. The van der Waals surface area contributed by atoms with E-state index in [1.54, 1.807) is 24.5 Å². The SMILES string of the molecule is O=C(NCc1ccc2ccccc2c1)c1cc(-c2cncc(Cl)c2)nnc1N1CCOCC1. The van der Waals surface area contributed by atoms with Gasteiger partial charge in [-0.15, -0.1) is 10.2 Å². The number of benzene rings is 2. The minimum atomic E-state index is -0.212. The van der Waals surface area contributed by atoms with Crippen molar-refractivity contribution in [3.63, 3.8) is 0 Å². The van der Waals surface area contributed by atoms with Crippen LogP contribution in [0.3, 0.4) is 0 Å². The fourth-order valence-corrected chi connectivity index (χ4v) is 4.05. The average Bonchev–Trinajstić information content (AvgIpc) is 2.87. The lowest BCUT2D eigenvalue weighted by molar-refractivity contribution is 0.0948. The van der Waals surface area contributed by atoms with E-state index in [9.17, 15) is 4.79 Å². The van der Waals surface area contributed by atoms with Crippen LogP contribution in [0.2, 0.25) is 5.02 Å². The number of aromatic nitrogens is 3. The molecule has 5 rings (SSSR count). The van der Waals surface area contributed by atoms with Gasteiger partial charge in [-0.2, -0.15) is 0 Å². The van der Waals surface area contributed by atoms with E-state index in [0.717, 1.165) is 10.9 Å². The molecule has 0 aliphatic carbocycles. The lowest BCUT2D eigenvalue weighted by Gasteiger charge is -2.28. The number of morpholine rings is 1. The molecule has 33 heavy (non-hydrogen) atoms. The highest BCUT2D eigenvalue weighted by Crippen LogP contribution is 2.25. The van der Waals surface area contributed by atoms with E-state index in [0.29, 0.717) is 60.5 Å². The summed E-state index contributed by atoms with van der Waals surface area (Å²) in [6.07, 6.45) is 3.21. The van der Waals surface area contributed by atoms with Crippen LogP contribution in [0.15, 0.2) is 67.0 Å². The van der Waals surface area contributed by atoms with Crippen LogP contribution in [0, 0.1) is 0 Å². The number of nitrogens with zero attached hydrogens (tertiary/aromatic N) is 4. The molecule has 1 fully saturated rings. The molecule has 166 valence electrons. The number of fused-ring (bicyclic) bond motifs is 1. The number of anilines is 1. The summed E-state index contributed by atoms with van der Waals surface area (Å²) >= 11 is 6.10. The number of carbonyl (C=O) groups excluding carboxylic acids is 1. The van der Waals surface area contributed by atoms with Crippen molar-refractivity contribution in [1.82, 2.24) is 20.5 Å². The number of amides is 1. The van der Waals surface area contributed by atoms with Crippen LogP contribution in [-0.2, 0) is 11.3 Å². The van der Waals surface area contributed by atoms with Crippen molar-refractivity contribution >= 4 is 34.1 Å². The molecule has 0 unspecified atom stereocenters. The minimum absolute atomic E-state index is 0.212. The van der Waals surface area contributed by atoms with E-state index >= 15 is 0 Å². The zero-order valence-electron chi connectivity index (χ0n) is 17.9. The fourth-order valence-electron chi connectivity index (χ4n) is 3.88. The molecule has 0 atom stereocenters. The van der Waals surface area contributed by atoms with Gasteiger partial charge in [0, 0.05) is 37.6 Å². The van der Waals surface area contributed by atoms with Crippen molar-refractivity contribution in [3.05, 3.63) is 83.1 Å². The summed E-state index contributed by atoms with van der Waals surface area (Å²) in [7, 11) is 0. The standard InChI is InChI=1S/C25H22ClN5O2/c26-21-12-20(15-27-16-21)23-13-22(24(30-29-23)31-7-9-33-10-8-31)25(32)28-14-17-5-6-18-3-1-2-4-19(18)11-17/h1-6,11-13,15-16H,7-10,14H2,(H,28,32). The van der Waals surface area contributed by atoms with Gasteiger partial charge in [0.1, 0.15) is 0 Å². The summed E-state index contributed by atoms with van der Waals surface area (Å²) in [5, 5.41) is 14.6. The Morgan fingerprint density at radius 1 is 1.00 bits per heavy atom. The number of hydrogen-bond donors (Lipinski definition) is 1. The number of nitrogens with one attached hydrogen (secondary N) is 1. The molecule has 8 heteroatoms. The zero-order valence-corrected chi connectivity index (χ0v) is 18.6. The number of ether oxygens (including phenoxy) is 1. The molecular formula is C25H22ClN5O2. The monoisotopic (exact) mass is 459 g/mol. The highest BCUT2D eigenvalue weighted by atomic mass is 35.5. The summed E-state index contributed by atoms with van der Waals surface area (Å²) in [6.45, 7) is 2.87. The Hall–Kier alpha value is -3.55. The first-order valence-electron chi connectivity index (χ1n) is 10.7. The Labute approximate surface area is 196 Å².